The van der Waals surface area contributed by atoms with E-state index in [2.05, 4.69) is 15.3 Å². The maximum absolute atomic E-state index is 12.5. The highest BCUT2D eigenvalue weighted by Gasteiger charge is 2.13. The summed E-state index contributed by atoms with van der Waals surface area (Å²) in [6.45, 7) is 0. The van der Waals surface area contributed by atoms with Crippen LogP contribution in [0.1, 0.15) is 27.4 Å². The van der Waals surface area contributed by atoms with Crippen molar-refractivity contribution in [2.45, 2.75) is 6.42 Å². The third-order valence-electron chi connectivity index (χ3n) is 3.85. The molecule has 7 nitrogen and oxygen atoms in total. The zero-order chi connectivity index (χ0) is 19.2. The minimum atomic E-state index is -0.556. The van der Waals surface area contributed by atoms with Crippen LogP contribution in [-0.2, 0) is 6.42 Å². The average Bonchev–Trinajstić information content (AvgIpc) is 2.68. The van der Waals surface area contributed by atoms with E-state index in [0.29, 0.717) is 23.5 Å². The zero-order valence-corrected chi connectivity index (χ0v) is 14.5. The molecule has 0 unspecified atom stereocenters. The van der Waals surface area contributed by atoms with E-state index in [1.807, 2.05) is 30.3 Å². The van der Waals surface area contributed by atoms with Crippen LogP contribution in [0.3, 0.4) is 0 Å². The summed E-state index contributed by atoms with van der Waals surface area (Å²) in [6, 6.07) is 17.1. The van der Waals surface area contributed by atoms with Crippen molar-refractivity contribution >= 4 is 11.6 Å². The molecule has 0 aliphatic rings. The molecule has 7 heteroatoms. The van der Waals surface area contributed by atoms with Gasteiger partial charge in [0.25, 0.3) is 11.5 Å². The largest absolute Gasteiger partial charge is 0.497 e. The van der Waals surface area contributed by atoms with Crippen LogP contribution >= 0.6 is 0 Å². The van der Waals surface area contributed by atoms with Crippen molar-refractivity contribution in [1.82, 2.24) is 9.97 Å². The number of hydrogen-bond donors (Lipinski definition) is 2. The first-order valence-corrected chi connectivity index (χ1v) is 8.12. The number of carbonyl (C=O) groups is 1. The Bertz CT molecular complexity index is 1070. The molecule has 1 aromatic heterocycles. The van der Waals surface area contributed by atoms with E-state index in [1.165, 1.54) is 0 Å². The van der Waals surface area contributed by atoms with E-state index in [9.17, 15) is 9.59 Å². The lowest BCUT2D eigenvalue weighted by atomic mass is 10.1. The summed E-state index contributed by atoms with van der Waals surface area (Å²) in [6.07, 6.45) is 0.356. The van der Waals surface area contributed by atoms with E-state index in [1.54, 1.807) is 31.4 Å². The molecule has 0 saturated carbocycles. The average molecular weight is 360 g/mol. The maximum Gasteiger partial charge on any atom is 0.274 e. The first-order valence-electron chi connectivity index (χ1n) is 8.12. The molecule has 134 valence electrons. The molecular weight excluding hydrogens is 344 g/mol. The number of anilines is 1. The van der Waals surface area contributed by atoms with E-state index >= 15 is 0 Å². The van der Waals surface area contributed by atoms with Crippen molar-refractivity contribution in [1.29, 1.82) is 5.26 Å². The lowest BCUT2D eigenvalue weighted by molar-refractivity contribution is 0.102. The third-order valence-corrected chi connectivity index (χ3v) is 3.85. The van der Waals surface area contributed by atoms with E-state index in [-0.39, 0.29) is 5.69 Å². The Morgan fingerprint density at radius 2 is 1.96 bits per heavy atom. The number of methoxy groups -OCH3 is 1. The van der Waals surface area contributed by atoms with Crippen LogP contribution in [0.5, 0.6) is 5.75 Å². The smallest absolute Gasteiger partial charge is 0.274 e. The summed E-state index contributed by atoms with van der Waals surface area (Å²) in [5.74, 6) is 0.538. The number of ether oxygens (including phenoxy) is 1. The molecule has 0 radical (unpaired) electrons. The highest BCUT2D eigenvalue weighted by atomic mass is 16.5. The molecule has 0 saturated heterocycles. The monoisotopic (exact) mass is 360 g/mol. The number of H-pyrrole nitrogens is 1. The first-order chi connectivity index (χ1) is 13.1. The van der Waals surface area contributed by atoms with Crippen LogP contribution in [0, 0.1) is 11.3 Å². The normalized spacial score (nSPS) is 10.1. The fraction of sp³-hybridized carbons (Fsp3) is 0.100. The molecule has 3 rings (SSSR count). The molecule has 3 aromatic rings. The first kappa shape index (κ1) is 17.9. The van der Waals surface area contributed by atoms with Gasteiger partial charge in [0, 0.05) is 12.5 Å². The van der Waals surface area contributed by atoms with Gasteiger partial charge >= 0.3 is 0 Å². The minimum Gasteiger partial charge on any atom is -0.497 e. The molecule has 1 amide bonds. The number of nitrogens with one attached hydrogen (secondary N) is 2. The van der Waals surface area contributed by atoms with Crippen molar-refractivity contribution in [3.63, 3.8) is 0 Å². The number of carbonyl (C=O) groups excluding carboxylic acids is 1. The van der Waals surface area contributed by atoms with Crippen LogP contribution in [0.2, 0.25) is 0 Å². The Morgan fingerprint density at radius 1 is 1.22 bits per heavy atom. The fourth-order valence-corrected chi connectivity index (χ4v) is 2.52. The number of nitriles is 1. The van der Waals surface area contributed by atoms with Crippen LogP contribution < -0.4 is 15.6 Å². The number of benzene rings is 2. The summed E-state index contributed by atoms with van der Waals surface area (Å²) >= 11 is 0. The van der Waals surface area contributed by atoms with E-state index < -0.39 is 11.5 Å². The number of para-hydroxylation sites is 1. The standard InChI is InChI=1S/C20H16N4O3/c1-27-15-8-6-13(7-9-15)10-18-22-17(11-19(25)24-18)20(26)23-16-5-3-2-4-14(16)12-21/h2-9,11H,10H2,1H3,(H,23,26)(H,22,24,25). The lowest BCUT2D eigenvalue weighted by Gasteiger charge is -2.08. The summed E-state index contributed by atoms with van der Waals surface area (Å²) in [5.41, 5.74) is 1.16. The predicted molar refractivity (Wildman–Crippen MR) is 99.8 cm³/mol. The molecule has 27 heavy (non-hydrogen) atoms. The minimum absolute atomic E-state index is 0.0185. The fourth-order valence-electron chi connectivity index (χ4n) is 2.52. The zero-order valence-electron chi connectivity index (χ0n) is 14.5. The van der Waals surface area contributed by atoms with Gasteiger partial charge in [0.2, 0.25) is 0 Å². The Morgan fingerprint density at radius 3 is 2.67 bits per heavy atom. The van der Waals surface area contributed by atoms with Gasteiger partial charge in [-0.05, 0) is 29.8 Å². The summed E-state index contributed by atoms with van der Waals surface area (Å²) < 4.78 is 5.12. The van der Waals surface area contributed by atoms with Crippen LogP contribution in [0.15, 0.2) is 59.4 Å². The second kappa shape index (κ2) is 7.97. The lowest BCUT2D eigenvalue weighted by Crippen LogP contribution is -2.21. The molecular formula is C20H16N4O3. The number of aromatic nitrogens is 2. The van der Waals surface area contributed by atoms with Crippen LogP contribution in [-0.4, -0.2) is 23.0 Å². The Balaban J connectivity index is 1.83. The topological polar surface area (TPSA) is 108 Å². The van der Waals surface area contributed by atoms with Gasteiger partial charge in [0.05, 0.1) is 18.4 Å². The van der Waals surface area contributed by atoms with Crippen molar-refractivity contribution in [3.05, 3.63) is 87.6 Å². The van der Waals surface area contributed by atoms with E-state index in [0.717, 1.165) is 17.4 Å². The molecule has 0 bridgehead atoms. The second-order valence-corrected chi connectivity index (χ2v) is 5.71. The van der Waals surface area contributed by atoms with Gasteiger partial charge in [0.15, 0.2) is 0 Å². The number of nitrogens with zero attached hydrogens (tertiary/aromatic N) is 2. The van der Waals surface area contributed by atoms with Crippen molar-refractivity contribution in [2.75, 3.05) is 12.4 Å². The highest BCUT2D eigenvalue weighted by molar-refractivity contribution is 6.03. The van der Waals surface area contributed by atoms with Crippen LogP contribution in [0.25, 0.3) is 0 Å². The van der Waals surface area contributed by atoms with Gasteiger partial charge in [-0.15, -0.1) is 0 Å². The predicted octanol–water partition coefficient (Wildman–Crippen LogP) is 2.49. The number of hydrogen-bond acceptors (Lipinski definition) is 5. The molecule has 2 aromatic carbocycles. The number of aromatic amines is 1. The molecule has 0 spiro atoms. The van der Waals surface area contributed by atoms with Gasteiger partial charge < -0.3 is 15.0 Å². The molecule has 1 heterocycles. The van der Waals surface area contributed by atoms with Gasteiger partial charge in [-0.25, -0.2) is 4.98 Å². The Hall–Kier alpha value is -3.92. The molecule has 0 fully saturated rings. The van der Waals surface area contributed by atoms with Crippen LogP contribution in [0.4, 0.5) is 5.69 Å². The SMILES string of the molecule is COc1ccc(Cc2nc(C(=O)Nc3ccccc3C#N)cc(=O)[nH]2)cc1. The second-order valence-electron chi connectivity index (χ2n) is 5.71. The molecule has 0 aliphatic heterocycles. The van der Waals surface area contributed by atoms with E-state index in [4.69, 9.17) is 10.00 Å². The molecule has 2 N–H and O–H groups in total. The van der Waals surface area contributed by atoms with Gasteiger partial charge in [-0.3, -0.25) is 9.59 Å². The van der Waals surface area contributed by atoms with Crippen molar-refractivity contribution in [3.8, 4) is 11.8 Å². The maximum atomic E-state index is 12.5. The summed E-state index contributed by atoms with van der Waals surface area (Å²) in [7, 11) is 1.58. The summed E-state index contributed by atoms with van der Waals surface area (Å²) in [4.78, 5) is 31.3. The van der Waals surface area contributed by atoms with Gasteiger partial charge in [-0.1, -0.05) is 24.3 Å². The quantitative estimate of drug-likeness (QED) is 0.727. The molecule has 0 aliphatic carbocycles. The van der Waals surface area contributed by atoms with Crippen molar-refractivity contribution in [2.24, 2.45) is 0 Å². The molecule has 0 atom stereocenters. The van der Waals surface area contributed by atoms with Crippen molar-refractivity contribution < 1.29 is 9.53 Å². The number of amides is 1. The Labute approximate surface area is 155 Å². The third kappa shape index (κ3) is 4.38. The highest BCUT2D eigenvalue weighted by Crippen LogP contribution is 2.15. The van der Waals surface area contributed by atoms with Gasteiger partial charge in [0.1, 0.15) is 23.3 Å². The Kier molecular flexibility index (Phi) is 5.28. The number of rotatable bonds is 5. The van der Waals surface area contributed by atoms with Gasteiger partial charge in [-0.2, -0.15) is 5.26 Å². The summed E-state index contributed by atoms with van der Waals surface area (Å²) in [5, 5.41) is 11.7.